The van der Waals surface area contributed by atoms with Gasteiger partial charge in [0.1, 0.15) is 0 Å². The SMILES string of the molecule is CN(C(=O)Cc1ccc(N)cc1)C(CN1CCC(O)C1)c1ccccc1. The summed E-state index contributed by atoms with van der Waals surface area (Å²) in [6, 6.07) is 17.5. The molecule has 3 rings (SSSR count). The molecular weight excluding hydrogens is 326 g/mol. The topological polar surface area (TPSA) is 69.8 Å². The van der Waals surface area contributed by atoms with Crippen LogP contribution < -0.4 is 5.73 Å². The lowest BCUT2D eigenvalue weighted by molar-refractivity contribution is -0.131. The predicted octanol–water partition coefficient (Wildman–Crippen LogP) is 2.08. The third kappa shape index (κ3) is 4.62. The largest absolute Gasteiger partial charge is 0.399 e. The van der Waals surface area contributed by atoms with Gasteiger partial charge in [0.25, 0.3) is 0 Å². The number of nitrogen functional groups attached to an aromatic ring is 1. The van der Waals surface area contributed by atoms with Gasteiger partial charge in [0, 0.05) is 32.4 Å². The molecule has 0 aliphatic carbocycles. The first-order chi connectivity index (χ1) is 12.5. The van der Waals surface area contributed by atoms with Gasteiger partial charge in [0.05, 0.1) is 18.6 Å². The highest BCUT2D eigenvalue weighted by atomic mass is 16.3. The average molecular weight is 353 g/mol. The molecule has 1 amide bonds. The molecule has 0 bridgehead atoms. The van der Waals surface area contributed by atoms with E-state index >= 15 is 0 Å². The second-order valence-corrected chi connectivity index (χ2v) is 7.05. The number of likely N-dealkylation sites (tertiary alicyclic amines) is 1. The molecule has 1 fully saturated rings. The van der Waals surface area contributed by atoms with Gasteiger partial charge in [-0.1, -0.05) is 42.5 Å². The summed E-state index contributed by atoms with van der Waals surface area (Å²) in [6.45, 7) is 2.26. The predicted molar refractivity (Wildman–Crippen MR) is 104 cm³/mol. The third-order valence-electron chi connectivity index (χ3n) is 5.06. The van der Waals surface area contributed by atoms with E-state index in [1.165, 1.54) is 0 Å². The number of amides is 1. The van der Waals surface area contributed by atoms with Gasteiger partial charge in [0.2, 0.25) is 5.91 Å². The molecule has 2 aromatic rings. The number of aliphatic hydroxyl groups is 1. The van der Waals surface area contributed by atoms with Gasteiger partial charge in [-0.2, -0.15) is 0 Å². The first kappa shape index (κ1) is 18.4. The van der Waals surface area contributed by atoms with Crippen LogP contribution in [0.1, 0.15) is 23.6 Å². The summed E-state index contributed by atoms with van der Waals surface area (Å²) in [5, 5.41) is 9.82. The minimum atomic E-state index is -0.262. The number of aliphatic hydroxyl groups excluding tert-OH is 1. The standard InChI is InChI=1S/C21H27N3O2/c1-23(21(26)13-16-7-9-18(22)10-8-16)20(17-5-3-2-4-6-17)15-24-12-11-19(25)14-24/h2-10,19-20,25H,11-15,22H2,1H3. The van der Waals surface area contributed by atoms with Crippen LogP contribution in [0.25, 0.3) is 0 Å². The van der Waals surface area contributed by atoms with E-state index in [4.69, 9.17) is 5.73 Å². The molecule has 138 valence electrons. The van der Waals surface area contributed by atoms with Crippen molar-refractivity contribution in [3.8, 4) is 0 Å². The van der Waals surface area contributed by atoms with Crippen LogP contribution in [-0.2, 0) is 11.2 Å². The Balaban J connectivity index is 1.74. The van der Waals surface area contributed by atoms with E-state index in [2.05, 4.69) is 17.0 Å². The fourth-order valence-corrected chi connectivity index (χ4v) is 3.46. The molecule has 2 atom stereocenters. The molecule has 2 aromatic carbocycles. The van der Waals surface area contributed by atoms with E-state index in [0.29, 0.717) is 18.7 Å². The van der Waals surface area contributed by atoms with Crippen LogP contribution in [0.5, 0.6) is 0 Å². The van der Waals surface area contributed by atoms with Gasteiger partial charge in [-0.25, -0.2) is 0 Å². The molecule has 5 nitrogen and oxygen atoms in total. The number of hydrogen-bond acceptors (Lipinski definition) is 4. The van der Waals surface area contributed by atoms with Crippen molar-refractivity contribution >= 4 is 11.6 Å². The molecule has 3 N–H and O–H groups in total. The summed E-state index contributed by atoms with van der Waals surface area (Å²) in [7, 11) is 1.86. The van der Waals surface area contributed by atoms with E-state index in [1.54, 1.807) is 0 Å². The number of anilines is 1. The van der Waals surface area contributed by atoms with Crippen molar-refractivity contribution in [2.45, 2.75) is 25.0 Å². The van der Waals surface area contributed by atoms with Gasteiger partial charge >= 0.3 is 0 Å². The number of carbonyl (C=O) groups is 1. The Kier molecular flexibility index (Phi) is 5.91. The van der Waals surface area contributed by atoms with Gasteiger partial charge in [0.15, 0.2) is 0 Å². The number of benzene rings is 2. The summed E-state index contributed by atoms with van der Waals surface area (Å²) >= 11 is 0. The van der Waals surface area contributed by atoms with Crippen LogP contribution in [-0.4, -0.2) is 53.6 Å². The van der Waals surface area contributed by atoms with Crippen molar-refractivity contribution in [1.82, 2.24) is 9.80 Å². The molecule has 1 aliphatic rings. The Morgan fingerprint density at radius 1 is 1.23 bits per heavy atom. The number of nitrogens with zero attached hydrogens (tertiary/aromatic N) is 2. The smallest absolute Gasteiger partial charge is 0.227 e. The quantitative estimate of drug-likeness (QED) is 0.780. The minimum Gasteiger partial charge on any atom is -0.399 e. The van der Waals surface area contributed by atoms with E-state index < -0.39 is 0 Å². The highest BCUT2D eigenvalue weighted by Crippen LogP contribution is 2.24. The van der Waals surface area contributed by atoms with Gasteiger partial charge in [-0.05, 0) is 29.7 Å². The molecule has 1 heterocycles. The monoisotopic (exact) mass is 353 g/mol. The minimum absolute atomic E-state index is 0.0391. The number of carbonyl (C=O) groups excluding carboxylic acids is 1. The van der Waals surface area contributed by atoms with Gasteiger partial charge < -0.3 is 15.7 Å². The molecule has 26 heavy (non-hydrogen) atoms. The second-order valence-electron chi connectivity index (χ2n) is 7.05. The molecule has 5 heteroatoms. The molecule has 1 aliphatic heterocycles. The lowest BCUT2D eigenvalue weighted by Crippen LogP contribution is -2.39. The van der Waals surface area contributed by atoms with Crippen LogP contribution in [0.3, 0.4) is 0 Å². The zero-order valence-electron chi connectivity index (χ0n) is 15.2. The van der Waals surface area contributed by atoms with Crippen LogP contribution in [0, 0.1) is 0 Å². The lowest BCUT2D eigenvalue weighted by Gasteiger charge is -2.32. The molecule has 0 spiro atoms. The second kappa shape index (κ2) is 8.34. The number of rotatable bonds is 6. The molecule has 0 radical (unpaired) electrons. The first-order valence-electron chi connectivity index (χ1n) is 9.08. The molecular formula is C21H27N3O2. The Bertz CT molecular complexity index is 718. The highest BCUT2D eigenvalue weighted by Gasteiger charge is 2.28. The van der Waals surface area contributed by atoms with Crippen molar-refractivity contribution in [2.75, 3.05) is 32.4 Å². The number of hydrogen-bond donors (Lipinski definition) is 2. The zero-order valence-corrected chi connectivity index (χ0v) is 15.2. The van der Waals surface area contributed by atoms with Crippen LogP contribution in [0.2, 0.25) is 0 Å². The van der Waals surface area contributed by atoms with E-state index in [1.807, 2.05) is 54.4 Å². The van der Waals surface area contributed by atoms with E-state index in [9.17, 15) is 9.90 Å². The van der Waals surface area contributed by atoms with Crippen molar-refractivity contribution in [3.63, 3.8) is 0 Å². The Morgan fingerprint density at radius 3 is 2.54 bits per heavy atom. The van der Waals surface area contributed by atoms with Gasteiger partial charge in [-0.15, -0.1) is 0 Å². The summed E-state index contributed by atoms with van der Waals surface area (Å²) in [6.07, 6.45) is 0.884. The van der Waals surface area contributed by atoms with Crippen molar-refractivity contribution in [2.24, 2.45) is 0 Å². The zero-order chi connectivity index (χ0) is 18.5. The fraction of sp³-hybridized carbons (Fsp3) is 0.381. The van der Waals surface area contributed by atoms with Crippen molar-refractivity contribution in [3.05, 3.63) is 65.7 Å². The van der Waals surface area contributed by atoms with Crippen molar-refractivity contribution in [1.29, 1.82) is 0 Å². The number of β-amino-alcohol motifs (C(OH)–C–C–N with tert-alkyl or cyclic N) is 1. The normalized spacial score (nSPS) is 18.6. The Labute approximate surface area is 155 Å². The number of nitrogens with two attached hydrogens (primary N) is 1. The lowest BCUT2D eigenvalue weighted by atomic mass is 10.0. The van der Waals surface area contributed by atoms with Crippen LogP contribution >= 0.6 is 0 Å². The fourth-order valence-electron chi connectivity index (χ4n) is 3.46. The van der Waals surface area contributed by atoms with E-state index in [-0.39, 0.29) is 18.1 Å². The summed E-state index contributed by atoms with van der Waals surface area (Å²) in [4.78, 5) is 16.9. The summed E-state index contributed by atoms with van der Waals surface area (Å²) in [5.74, 6) is 0.0726. The number of likely N-dealkylation sites (N-methyl/N-ethyl adjacent to an activating group) is 1. The Hall–Kier alpha value is -2.37. The maximum Gasteiger partial charge on any atom is 0.227 e. The average Bonchev–Trinajstić information content (AvgIpc) is 3.07. The van der Waals surface area contributed by atoms with Crippen LogP contribution in [0.4, 0.5) is 5.69 Å². The first-order valence-corrected chi connectivity index (χ1v) is 9.08. The van der Waals surface area contributed by atoms with Gasteiger partial charge in [-0.3, -0.25) is 9.69 Å². The highest BCUT2D eigenvalue weighted by molar-refractivity contribution is 5.79. The third-order valence-corrected chi connectivity index (χ3v) is 5.06. The molecule has 1 saturated heterocycles. The summed E-state index contributed by atoms with van der Waals surface area (Å²) in [5.41, 5.74) is 8.49. The molecule has 0 saturated carbocycles. The molecule has 0 aromatic heterocycles. The maximum atomic E-state index is 12.9. The van der Waals surface area contributed by atoms with E-state index in [0.717, 1.165) is 30.6 Å². The van der Waals surface area contributed by atoms with Crippen molar-refractivity contribution < 1.29 is 9.90 Å². The molecule has 2 unspecified atom stereocenters. The summed E-state index contributed by atoms with van der Waals surface area (Å²) < 4.78 is 0. The van der Waals surface area contributed by atoms with Crippen LogP contribution in [0.15, 0.2) is 54.6 Å². The Morgan fingerprint density at radius 2 is 1.92 bits per heavy atom. The maximum absolute atomic E-state index is 12.9.